The molecule has 2 rings (SSSR count). The van der Waals surface area contributed by atoms with Crippen LogP contribution in [0.4, 0.5) is 5.82 Å². The highest BCUT2D eigenvalue weighted by atomic mass is 35.5. The number of piperidine rings is 1. The molecule has 1 fully saturated rings. The Kier molecular flexibility index (Phi) is 4.58. The molecule has 1 aliphatic rings. The minimum atomic E-state index is 0. The van der Waals surface area contributed by atoms with Crippen molar-refractivity contribution in [1.82, 2.24) is 15.3 Å². The lowest BCUT2D eigenvalue weighted by molar-refractivity contribution is 0.156. The first-order valence-corrected chi connectivity index (χ1v) is 4.79. The summed E-state index contributed by atoms with van der Waals surface area (Å²) in [5.41, 5.74) is 5.52. The summed E-state index contributed by atoms with van der Waals surface area (Å²) >= 11 is 0. The van der Waals surface area contributed by atoms with E-state index in [0.29, 0.717) is 11.7 Å². The van der Waals surface area contributed by atoms with Crippen LogP contribution < -0.4 is 15.8 Å². The maximum Gasteiger partial charge on any atom is 0.218 e. The van der Waals surface area contributed by atoms with Gasteiger partial charge in [-0.3, -0.25) is 0 Å². The third kappa shape index (κ3) is 3.53. The molecule has 1 aromatic heterocycles. The summed E-state index contributed by atoms with van der Waals surface area (Å²) in [6.07, 6.45) is 3.71. The predicted octanol–water partition coefficient (Wildman–Crippen LogP) is 0.611. The van der Waals surface area contributed by atoms with E-state index in [4.69, 9.17) is 10.5 Å². The van der Waals surface area contributed by atoms with E-state index in [1.807, 2.05) is 0 Å². The molecule has 3 N–H and O–H groups in total. The number of nitrogen functional groups attached to an aromatic ring is 1. The fourth-order valence-corrected chi connectivity index (χ4v) is 1.50. The topological polar surface area (TPSA) is 73.1 Å². The smallest absolute Gasteiger partial charge is 0.218 e. The van der Waals surface area contributed by atoms with Crippen LogP contribution in [-0.4, -0.2) is 29.2 Å². The van der Waals surface area contributed by atoms with Crippen molar-refractivity contribution in [3.63, 3.8) is 0 Å². The van der Waals surface area contributed by atoms with E-state index >= 15 is 0 Å². The maximum atomic E-state index is 5.66. The highest BCUT2D eigenvalue weighted by molar-refractivity contribution is 5.85. The molecule has 0 aliphatic carbocycles. The molecule has 1 aliphatic heterocycles. The van der Waals surface area contributed by atoms with Gasteiger partial charge in [-0.25, -0.2) is 9.97 Å². The van der Waals surface area contributed by atoms with Crippen LogP contribution in [0, 0.1) is 0 Å². The Hall–Kier alpha value is -1.07. The summed E-state index contributed by atoms with van der Waals surface area (Å²) in [5, 5.41) is 3.27. The first-order valence-electron chi connectivity index (χ1n) is 4.79. The van der Waals surface area contributed by atoms with Crippen LogP contribution in [0.2, 0.25) is 0 Å². The zero-order chi connectivity index (χ0) is 9.80. The van der Waals surface area contributed by atoms with E-state index in [-0.39, 0.29) is 18.5 Å². The van der Waals surface area contributed by atoms with Crippen LogP contribution in [0.25, 0.3) is 0 Å². The Balaban J connectivity index is 0.00000112. The van der Waals surface area contributed by atoms with Gasteiger partial charge < -0.3 is 15.8 Å². The Morgan fingerprint density at radius 1 is 1.33 bits per heavy atom. The molecule has 0 bridgehead atoms. The summed E-state index contributed by atoms with van der Waals surface area (Å²) < 4.78 is 5.66. The third-order valence-corrected chi connectivity index (χ3v) is 2.24. The van der Waals surface area contributed by atoms with Crippen LogP contribution in [0.3, 0.4) is 0 Å². The number of hydrogen-bond acceptors (Lipinski definition) is 5. The normalized spacial score (nSPS) is 16.8. The molecule has 0 aromatic carbocycles. The van der Waals surface area contributed by atoms with Crippen molar-refractivity contribution in [3.8, 4) is 5.88 Å². The van der Waals surface area contributed by atoms with E-state index in [1.54, 1.807) is 6.07 Å². The molecule has 0 unspecified atom stereocenters. The monoisotopic (exact) mass is 230 g/mol. The number of ether oxygens (including phenoxy) is 1. The minimum absolute atomic E-state index is 0. The van der Waals surface area contributed by atoms with Gasteiger partial charge in [0.25, 0.3) is 0 Å². The highest BCUT2D eigenvalue weighted by Crippen LogP contribution is 2.14. The van der Waals surface area contributed by atoms with Gasteiger partial charge in [0.15, 0.2) is 0 Å². The van der Waals surface area contributed by atoms with Crippen molar-refractivity contribution < 1.29 is 4.74 Å². The molecule has 0 amide bonds. The van der Waals surface area contributed by atoms with Crippen molar-refractivity contribution in [2.45, 2.75) is 18.9 Å². The van der Waals surface area contributed by atoms with E-state index in [1.165, 1.54) is 6.33 Å². The number of anilines is 1. The number of aromatic nitrogens is 2. The van der Waals surface area contributed by atoms with Gasteiger partial charge >= 0.3 is 0 Å². The quantitative estimate of drug-likeness (QED) is 0.779. The van der Waals surface area contributed by atoms with Gasteiger partial charge in [-0.1, -0.05) is 0 Å². The number of hydrogen-bond donors (Lipinski definition) is 2. The van der Waals surface area contributed by atoms with Gasteiger partial charge in [-0.2, -0.15) is 0 Å². The molecule has 15 heavy (non-hydrogen) atoms. The Morgan fingerprint density at radius 3 is 2.73 bits per heavy atom. The van der Waals surface area contributed by atoms with Crippen molar-refractivity contribution >= 4 is 18.2 Å². The molecule has 6 heteroatoms. The number of nitrogens with one attached hydrogen (secondary N) is 1. The summed E-state index contributed by atoms with van der Waals surface area (Å²) in [6.45, 7) is 2.01. The van der Waals surface area contributed by atoms with Crippen molar-refractivity contribution in [2.75, 3.05) is 18.8 Å². The Bertz CT molecular complexity index is 304. The van der Waals surface area contributed by atoms with Gasteiger partial charge in [-0.05, 0) is 25.9 Å². The fourth-order valence-electron chi connectivity index (χ4n) is 1.50. The lowest BCUT2D eigenvalue weighted by Gasteiger charge is -2.23. The molecule has 1 saturated heterocycles. The second kappa shape index (κ2) is 5.72. The number of nitrogens with two attached hydrogens (primary N) is 1. The van der Waals surface area contributed by atoms with Crippen molar-refractivity contribution in [3.05, 3.63) is 12.4 Å². The summed E-state index contributed by atoms with van der Waals surface area (Å²) in [7, 11) is 0. The molecule has 5 nitrogen and oxygen atoms in total. The van der Waals surface area contributed by atoms with Crippen molar-refractivity contribution in [1.29, 1.82) is 0 Å². The van der Waals surface area contributed by atoms with Crippen LogP contribution in [-0.2, 0) is 0 Å². The maximum absolute atomic E-state index is 5.66. The molecule has 2 heterocycles. The lowest BCUT2D eigenvalue weighted by atomic mass is 10.1. The van der Waals surface area contributed by atoms with Crippen LogP contribution in [0.5, 0.6) is 5.88 Å². The predicted molar refractivity (Wildman–Crippen MR) is 60.2 cm³/mol. The SMILES string of the molecule is Cl.Nc1cc(OC2CCNCC2)ncn1. The highest BCUT2D eigenvalue weighted by Gasteiger charge is 2.14. The Morgan fingerprint density at radius 2 is 2.07 bits per heavy atom. The second-order valence-corrected chi connectivity index (χ2v) is 3.35. The molecule has 0 radical (unpaired) electrons. The average molecular weight is 231 g/mol. The van der Waals surface area contributed by atoms with E-state index in [9.17, 15) is 0 Å². The molecule has 84 valence electrons. The molecule has 1 aromatic rings. The van der Waals surface area contributed by atoms with Gasteiger partial charge in [0.2, 0.25) is 5.88 Å². The summed E-state index contributed by atoms with van der Waals surface area (Å²) in [6, 6.07) is 1.65. The minimum Gasteiger partial charge on any atom is -0.474 e. The first-order chi connectivity index (χ1) is 6.84. The number of rotatable bonds is 2. The third-order valence-electron chi connectivity index (χ3n) is 2.24. The second-order valence-electron chi connectivity index (χ2n) is 3.35. The first kappa shape index (κ1) is 12.0. The van der Waals surface area contributed by atoms with E-state index < -0.39 is 0 Å². The molecule has 0 atom stereocenters. The van der Waals surface area contributed by atoms with Gasteiger partial charge in [0.05, 0.1) is 0 Å². The number of halogens is 1. The Labute approximate surface area is 94.8 Å². The lowest BCUT2D eigenvalue weighted by Crippen LogP contribution is -2.34. The fraction of sp³-hybridized carbons (Fsp3) is 0.556. The average Bonchev–Trinajstić information content (AvgIpc) is 2.19. The zero-order valence-electron chi connectivity index (χ0n) is 8.35. The number of nitrogens with zero attached hydrogens (tertiary/aromatic N) is 2. The zero-order valence-corrected chi connectivity index (χ0v) is 9.17. The van der Waals surface area contributed by atoms with Gasteiger partial charge in [0.1, 0.15) is 18.2 Å². The largest absolute Gasteiger partial charge is 0.474 e. The molecule has 0 saturated carbocycles. The summed E-state index contributed by atoms with van der Waals surface area (Å²) in [5.74, 6) is 1.02. The summed E-state index contributed by atoms with van der Waals surface area (Å²) in [4.78, 5) is 7.81. The van der Waals surface area contributed by atoms with E-state index in [0.717, 1.165) is 25.9 Å². The molecular weight excluding hydrogens is 216 g/mol. The van der Waals surface area contributed by atoms with Gasteiger partial charge in [-0.15, -0.1) is 12.4 Å². The van der Waals surface area contributed by atoms with Crippen LogP contribution in [0.1, 0.15) is 12.8 Å². The molecular formula is C9H15ClN4O. The van der Waals surface area contributed by atoms with Crippen LogP contribution in [0.15, 0.2) is 12.4 Å². The van der Waals surface area contributed by atoms with E-state index in [2.05, 4.69) is 15.3 Å². The van der Waals surface area contributed by atoms with Crippen molar-refractivity contribution in [2.24, 2.45) is 0 Å². The standard InChI is InChI=1S/C9H14N4O.ClH/c10-8-5-9(13-6-12-8)14-7-1-3-11-4-2-7;/h5-7,11H,1-4H2,(H2,10,12,13);1H. The molecule has 0 spiro atoms. The van der Waals surface area contributed by atoms with Crippen LogP contribution >= 0.6 is 12.4 Å². The van der Waals surface area contributed by atoms with Gasteiger partial charge in [0, 0.05) is 6.07 Å².